The van der Waals surface area contributed by atoms with Crippen LogP contribution in [0.25, 0.3) is 21.7 Å². The number of ether oxygens (including phenoxy) is 1. The molecule has 0 saturated carbocycles. The summed E-state index contributed by atoms with van der Waals surface area (Å²) in [5.41, 5.74) is 2.43. The highest BCUT2D eigenvalue weighted by molar-refractivity contribution is 5.87. The maximum Gasteiger partial charge on any atom is 0.217 e. The van der Waals surface area contributed by atoms with Crippen molar-refractivity contribution in [2.45, 2.75) is 17.9 Å². The van der Waals surface area contributed by atoms with Crippen molar-refractivity contribution < 1.29 is 9.84 Å². The lowest BCUT2D eigenvalue weighted by Crippen LogP contribution is -2.38. The molecule has 4 nitrogen and oxygen atoms in total. The molecule has 0 bridgehead atoms. The summed E-state index contributed by atoms with van der Waals surface area (Å²) in [4.78, 5) is 6.98. The minimum atomic E-state index is -1.23. The van der Waals surface area contributed by atoms with E-state index in [1.165, 1.54) is 0 Å². The molecule has 2 atom stereocenters. The smallest absolute Gasteiger partial charge is 0.217 e. The van der Waals surface area contributed by atoms with Gasteiger partial charge < -0.3 is 14.7 Å². The summed E-state index contributed by atoms with van der Waals surface area (Å²) in [7, 11) is 5.73. The van der Waals surface area contributed by atoms with Crippen LogP contribution in [-0.2, 0) is 5.60 Å². The second-order valence-electron chi connectivity index (χ2n) is 9.63. The third-order valence-corrected chi connectivity index (χ3v) is 7.03. The molecule has 0 spiro atoms. The molecule has 5 aromatic rings. The molecule has 0 saturated heterocycles. The van der Waals surface area contributed by atoms with E-state index in [2.05, 4.69) is 53.4 Å². The highest BCUT2D eigenvalue weighted by Crippen LogP contribution is 2.48. The lowest BCUT2D eigenvalue weighted by molar-refractivity contribution is 0.00520. The van der Waals surface area contributed by atoms with E-state index >= 15 is 0 Å². The number of hydrogen-bond donors (Lipinski definition) is 1. The Balaban J connectivity index is 1.83. The molecule has 4 heteroatoms. The molecule has 182 valence electrons. The maximum atomic E-state index is 13.0. The molecule has 1 N–H and O–H groups in total. The van der Waals surface area contributed by atoms with Crippen LogP contribution in [-0.4, -0.2) is 42.7 Å². The zero-order valence-corrected chi connectivity index (χ0v) is 21.1. The van der Waals surface area contributed by atoms with Gasteiger partial charge in [0.1, 0.15) is 5.60 Å². The third kappa shape index (κ3) is 4.46. The Kier molecular flexibility index (Phi) is 6.73. The zero-order valence-electron chi connectivity index (χ0n) is 21.1. The summed E-state index contributed by atoms with van der Waals surface area (Å²) in [6.07, 6.45) is 0.531. The van der Waals surface area contributed by atoms with Crippen LogP contribution in [0.4, 0.5) is 0 Å². The summed E-state index contributed by atoms with van der Waals surface area (Å²) in [5, 5.41) is 16.2. The minimum Gasteiger partial charge on any atom is -0.481 e. The van der Waals surface area contributed by atoms with Crippen molar-refractivity contribution >= 4 is 21.7 Å². The number of hydrogen-bond acceptors (Lipinski definition) is 4. The average Bonchev–Trinajstić information content (AvgIpc) is 2.92. The lowest BCUT2D eigenvalue weighted by atomic mass is 9.70. The molecular formula is C32H32N2O2. The van der Waals surface area contributed by atoms with Crippen LogP contribution in [0.1, 0.15) is 29.0 Å². The Morgan fingerprint density at radius 3 is 2.25 bits per heavy atom. The molecule has 0 fully saturated rings. The van der Waals surface area contributed by atoms with E-state index in [4.69, 9.17) is 9.72 Å². The number of methoxy groups -OCH3 is 1. The minimum absolute atomic E-state index is 0.406. The van der Waals surface area contributed by atoms with Crippen molar-refractivity contribution in [1.29, 1.82) is 0 Å². The fourth-order valence-corrected chi connectivity index (χ4v) is 5.27. The van der Waals surface area contributed by atoms with E-state index in [-0.39, 0.29) is 0 Å². The van der Waals surface area contributed by atoms with E-state index in [1.807, 2.05) is 68.7 Å². The summed E-state index contributed by atoms with van der Waals surface area (Å²) in [5.74, 6) is 0.127. The van der Waals surface area contributed by atoms with Gasteiger partial charge in [-0.1, -0.05) is 91.0 Å². The van der Waals surface area contributed by atoms with E-state index < -0.39 is 11.5 Å². The van der Waals surface area contributed by atoms with E-state index in [0.717, 1.165) is 38.4 Å². The Hall–Kier alpha value is -3.73. The van der Waals surface area contributed by atoms with Crippen LogP contribution in [0, 0.1) is 0 Å². The van der Waals surface area contributed by atoms with Gasteiger partial charge in [-0.3, -0.25) is 0 Å². The Bertz CT molecular complexity index is 1480. The van der Waals surface area contributed by atoms with Gasteiger partial charge in [0.2, 0.25) is 5.88 Å². The van der Waals surface area contributed by atoms with Crippen LogP contribution >= 0.6 is 0 Å². The van der Waals surface area contributed by atoms with Crippen LogP contribution in [0.5, 0.6) is 5.88 Å². The van der Waals surface area contributed by atoms with Crippen LogP contribution in [0.2, 0.25) is 0 Å². The van der Waals surface area contributed by atoms with Crippen molar-refractivity contribution in [2.24, 2.45) is 0 Å². The van der Waals surface area contributed by atoms with Gasteiger partial charge in [-0.05, 0) is 54.5 Å². The SMILES string of the molecule is COc1nc2ccccc2cc1C(c1ccccc1)C(O)(CCN(C)C)c1cccc2ccccc12. The number of aromatic nitrogens is 1. The number of rotatable bonds is 8. The van der Waals surface area contributed by atoms with Crippen molar-refractivity contribution in [3.05, 3.63) is 120 Å². The van der Waals surface area contributed by atoms with Gasteiger partial charge in [-0.2, -0.15) is 0 Å². The number of nitrogens with zero attached hydrogens (tertiary/aromatic N) is 2. The first-order chi connectivity index (χ1) is 17.5. The molecule has 0 radical (unpaired) electrons. The van der Waals surface area contributed by atoms with E-state index in [1.54, 1.807) is 7.11 Å². The fourth-order valence-electron chi connectivity index (χ4n) is 5.27. The molecule has 36 heavy (non-hydrogen) atoms. The van der Waals surface area contributed by atoms with Crippen molar-refractivity contribution in [2.75, 3.05) is 27.7 Å². The number of aliphatic hydroxyl groups is 1. The Morgan fingerprint density at radius 1 is 0.833 bits per heavy atom. The number of pyridine rings is 1. The quantitative estimate of drug-likeness (QED) is 0.283. The number of fused-ring (bicyclic) bond motifs is 2. The van der Waals surface area contributed by atoms with Crippen molar-refractivity contribution in [3.8, 4) is 5.88 Å². The molecule has 5 rings (SSSR count). The second kappa shape index (κ2) is 10.1. The van der Waals surface area contributed by atoms with Crippen LogP contribution in [0.15, 0.2) is 103 Å². The Labute approximate surface area is 212 Å². The zero-order chi connectivity index (χ0) is 25.1. The molecule has 2 unspecified atom stereocenters. The third-order valence-electron chi connectivity index (χ3n) is 7.03. The first-order valence-corrected chi connectivity index (χ1v) is 12.4. The van der Waals surface area contributed by atoms with Gasteiger partial charge in [0, 0.05) is 23.4 Å². The molecule has 0 amide bonds. The first kappa shape index (κ1) is 24.0. The van der Waals surface area contributed by atoms with Crippen molar-refractivity contribution in [1.82, 2.24) is 9.88 Å². The Morgan fingerprint density at radius 2 is 1.50 bits per heavy atom. The second-order valence-corrected chi connectivity index (χ2v) is 9.63. The highest BCUT2D eigenvalue weighted by Gasteiger charge is 2.43. The molecule has 0 aliphatic carbocycles. The fraction of sp³-hybridized carbons (Fsp3) is 0.219. The largest absolute Gasteiger partial charge is 0.481 e. The summed E-state index contributed by atoms with van der Waals surface area (Å²) in [6.45, 7) is 0.715. The normalized spacial score (nSPS) is 14.1. The molecule has 0 aliphatic rings. The molecule has 1 heterocycles. The lowest BCUT2D eigenvalue weighted by Gasteiger charge is -2.39. The van der Waals surface area contributed by atoms with Gasteiger partial charge in [0.25, 0.3) is 0 Å². The number of para-hydroxylation sites is 1. The highest BCUT2D eigenvalue weighted by atomic mass is 16.5. The van der Waals surface area contributed by atoms with Gasteiger partial charge in [-0.15, -0.1) is 0 Å². The standard InChI is InChI=1S/C32H32N2O2/c1-34(2)21-20-32(35,28-18-11-16-23-12-7-9-17-26(23)28)30(24-13-5-4-6-14-24)27-22-25-15-8-10-19-29(25)33-31(27)36-3/h4-19,22,30,35H,20-21H2,1-3H3. The summed E-state index contributed by atoms with van der Waals surface area (Å²) in [6, 6.07) is 34.9. The average molecular weight is 477 g/mol. The molecular weight excluding hydrogens is 444 g/mol. The predicted octanol–water partition coefficient (Wildman–Crippen LogP) is 6.37. The van der Waals surface area contributed by atoms with E-state index in [0.29, 0.717) is 18.8 Å². The van der Waals surface area contributed by atoms with Crippen LogP contribution < -0.4 is 4.74 Å². The summed E-state index contributed by atoms with van der Waals surface area (Å²) >= 11 is 0. The molecule has 1 aromatic heterocycles. The van der Waals surface area contributed by atoms with Crippen molar-refractivity contribution in [3.63, 3.8) is 0 Å². The maximum absolute atomic E-state index is 13.0. The molecule has 4 aromatic carbocycles. The summed E-state index contributed by atoms with van der Waals surface area (Å²) < 4.78 is 5.87. The van der Waals surface area contributed by atoms with Crippen LogP contribution in [0.3, 0.4) is 0 Å². The first-order valence-electron chi connectivity index (χ1n) is 12.4. The van der Waals surface area contributed by atoms with Gasteiger partial charge in [0.05, 0.1) is 12.6 Å². The molecule has 0 aliphatic heterocycles. The van der Waals surface area contributed by atoms with E-state index in [9.17, 15) is 5.11 Å². The van der Waals surface area contributed by atoms with Gasteiger partial charge >= 0.3 is 0 Å². The topological polar surface area (TPSA) is 45.6 Å². The number of benzene rings is 4. The van der Waals surface area contributed by atoms with Gasteiger partial charge in [-0.25, -0.2) is 4.98 Å². The monoisotopic (exact) mass is 476 g/mol. The predicted molar refractivity (Wildman–Crippen MR) is 148 cm³/mol. The van der Waals surface area contributed by atoms with Gasteiger partial charge in [0.15, 0.2) is 0 Å².